The van der Waals surface area contributed by atoms with Crippen LogP contribution in [0.15, 0.2) is 24.3 Å². The molecule has 2 aliphatic carbocycles. The van der Waals surface area contributed by atoms with Crippen LogP contribution in [-0.2, 0) is 6.42 Å². The SMILES string of the molecule is CCc1ccc(C2CCC(C3CCC(CC)C(O)C3)CC2)cc1. The molecule has 1 heteroatoms. The van der Waals surface area contributed by atoms with Crippen molar-refractivity contribution in [3.05, 3.63) is 35.4 Å². The van der Waals surface area contributed by atoms with Crippen LogP contribution in [0, 0.1) is 17.8 Å². The van der Waals surface area contributed by atoms with Gasteiger partial charge in [0.25, 0.3) is 0 Å². The predicted molar refractivity (Wildman–Crippen MR) is 97.6 cm³/mol. The molecule has 128 valence electrons. The molecule has 2 saturated carbocycles. The van der Waals surface area contributed by atoms with Crippen molar-refractivity contribution in [2.75, 3.05) is 0 Å². The second-order valence-corrected chi connectivity index (χ2v) is 8.02. The fourth-order valence-corrected chi connectivity index (χ4v) is 5.09. The van der Waals surface area contributed by atoms with Crippen molar-refractivity contribution in [2.45, 2.75) is 83.7 Å². The predicted octanol–water partition coefficient (Wildman–Crippen LogP) is 5.71. The number of rotatable bonds is 4. The summed E-state index contributed by atoms with van der Waals surface area (Å²) in [5, 5.41) is 10.3. The fraction of sp³-hybridized carbons (Fsp3) is 0.727. The molecule has 0 radical (unpaired) electrons. The molecule has 2 aliphatic rings. The first-order valence-corrected chi connectivity index (χ1v) is 9.98. The monoisotopic (exact) mass is 314 g/mol. The zero-order valence-electron chi connectivity index (χ0n) is 15.0. The van der Waals surface area contributed by atoms with E-state index in [1.807, 2.05) is 0 Å². The maximum atomic E-state index is 10.3. The van der Waals surface area contributed by atoms with Crippen LogP contribution in [0.4, 0.5) is 0 Å². The van der Waals surface area contributed by atoms with E-state index < -0.39 is 0 Å². The van der Waals surface area contributed by atoms with E-state index in [2.05, 4.69) is 38.1 Å². The molecule has 1 aromatic carbocycles. The average molecular weight is 315 g/mol. The number of benzene rings is 1. The number of aliphatic hydroxyl groups excluding tert-OH is 1. The number of aliphatic hydroxyl groups is 1. The maximum Gasteiger partial charge on any atom is 0.0571 e. The highest BCUT2D eigenvalue weighted by atomic mass is 16.3. The summed E-state index contributed by atoms with van der Waals surface area (Å²) in [6.07, 6.45) is 11.4. The van der Waals surface area contributed by atoms with Crippen LogP contribution < -0.4 is 0 Å². The van der Waals surface area contributed by atoms with Gasteiger partial charge in [0.1, 0.15) is 0 Å². The third-order valence-electron chi connectivity index (χ3n) is 6.82. The lowest BCUT2D eigenvalue weighted by atomic mass is 9.67. The standard InChI is InChI=1S/C22H34O/c1-3-16-5-7-18(8-6-16)19-10-12-20(13-11-19)21-14-9-17(4-2)22(23)15-21/h5-8,17,19-23H,3-4,9-15H2,1-2H3. The van der Waals surface area contributed by atoms with Gasteiger partial charge in [-0.15, -0.1) is 0 Å². The lowest BCUT2D eigenvalue weighted by molar-refractivity contribution is 0.0201. The maximum absolute atomic E-state index is 10.3. The van der Waals surface area contributed by atoms with Gasteiger partial charge in [0, 0.05) is 0 Å². The highest BCUT2D eigenvalue weighted by Gasteiger charge is 2.34. The molecular formula is C22H34O. The van der Waals surface area contributed by atoms with E-state index in [-0.39, 0.29) is 6.10 Å². The molecule has 3 atom stereocenters. The van der Waals surface area contributed by atoms with E-state index in [4.69, 9.17) is 0 Å². The van der Waals surface area contributed by atoms with Crippen molar-refractivity contribution in [1.29, 1.82) is 0 Å². The lowest BCUT2D eigenvalue weighted by Gasteiger charge is -2.40. The molecule has 0 aliphatic heterocycles. The molecule has 23 heavy (non-hydrogen) atoms. The van der Waals surface area contributed by atoms with Crippen LogP contribution in [0.2, 0.25) is 0 Å². The minimum atomic E-state index is -0.0296. The van der Waals surface area contributed by atoms with Gasteiger partial charge in [-0.2, -0.15) is 0 Å². The molecule has 1 aromatic rings. The molecule has 0 spiro atoms. The van der Waals surface area contributed by atoms with Gasteiger partial charge in [0.2, 0.25) is 0 Å². The Hall–Kier alpha value is -0.820. The number of hydrogen-bond acceptors (Lipinski definition) is 1. The van der Waals surface area contributed by atoms with Gasteiger partial charge in [-0.3, -0.25) is 0 Å². The average Bonchev–Trinajstić information content (AvgIpc) is 2.62. The summed E-state index contributed by atoms with van der Waals surface area (Å²) in [5.74, 6) is 3.00. The van der Waals surface area contributed by atoms with Crippen molar-refractivity contribution >= 4 is 0 Å². The van der Waals surface area contributed by atoms with E-state index in [0.717, 1.165) is 37.0 Å². The molecule has 3 unspecified atom stereocenters. The number of aryl methyl sites for hydroxylation is 1. The smallest absolute Gasteiger partial charge is 0.0571 e. The van der Waals surface area contributed by atoms with E-state index in [9.17, 15) is 5.11 Å². The van der Waals surface area contributed by atoms with Crippen molar-refractivity contribution in [1.82, 2.24) is 0 Å². The van der Waals surface area contributed by atoms with E-state index in [1.165, 1.54) is 44.1 Å². The summed E-state index contributed by atoms with van der Waals surface area (Å²) >= 11 is 0. The van der Waals surface area contributed by atoms with E-state index >= 15 is 0 Å². The van der Waals surface area contributed by atoms with Gasteiger partial charge >= 0.3 is 0 Å². The first-order valence-electron chi connectivity index (χ1n) is 9.98. The van der Waals surface area contributed by atoms with Crippen LogP contribution in [0.5, 0.6) is 0 Å². The molecule has 0 amide bonds. The van der Waals surface area contributed by atoms with Crippen LogP contribution in [-0.4, -0.2) is 11.2 Å². The zero-order valence-corrected chi connectivity index (χ0v) is 15.0. The molecule has 1 nitrogen and oxygen atoms in total. The Morgan fingerprint density at radius 3 is 2.09 bits per heavy atom. The Kier molecular flexibility index (Phi) is 5.80. The van der Waals surface area contributed by atoms with Crippen molar-refractivity contribution < 1.29 is 5.11 Å². The van der Waals surface area contributed by atoms with Crippen molar-refractivity contribution in [3.8, 4) is 0 Å². The Balaban J connectivity index is 1.52. The topological polar surface area (TPSA) is 20.2 Å². The van der Waals surface area contributed by atoms with Gasteiger partial charge < -0.3 is 5.11 Å². The van der Waals surface area contributed by atoms with Gasteiger partial charge in [0.15, 0.2) is 0 Å². The first kappa shape index (κ1) is 17.0. The summed E-state index contributed by atoms with van der Waals surface area (Å²) in [6, 6.07) is 9.34. The first-order chi connectivity index (χ1) is 11.2. The summed E-state index contributed by atoms with van der Waals surface area (Å²) < 4.78 is 0. The Morgan fingerprint density at radius 1 is 0.870 bits per heavy atom. The largest absolute Gasteiger partial charge is 0.393 e. The minimum Gasteiger partial charge on any atom is -0.393 e. The molecule has 2 fully saturated rings. The quantitative estimate of drug-likeness (QED) is 0.754. The second-order valence-electron chi connectivity index (χ2n) is 8.02. The van der Waals surface area contributed by atoms with E-state index in [1.54, 1.807) is 5.56 Å². The van der Waals surface area contributed by atoms with Crippen molar-refractivity contribution in [3.63, 3.8) is 0 Å². The Labute approximate surface area is 142 Å². The lowest BCUT2D eigenvalue weighted by Crippen LogP contribution is -2.33. The fourth-order valence-electron chi connectivity index (χ4n) is 5.09. The van der Waals surface area contributed by atoms with Crippen LogP contribution >= 0.6 is 0 Å². The van der Waals surface area contributed by atoms with Gasteiger partial charge in [-0.25, -0.2) is 0 Å². The molecule has 0 aromatic heterocycles. The highest BCUT2D eigenvalue weighted by Crippen LogP contribution is 2.44. The summed E-state index contributed by atoms with van der Waals surface area (Å²) in [5.41, 5.74) is 3.00. The third-order valence-corrected chi connectivity index (χ3v) is 6.82. The summed E-state index contributed by atoms with van der Waals surface area (Å²) in [7, 11) is 0. The van der Waals surface area contributed by atoms with Gasteiger partial charge in [-0.1, -0.05) is 44.5 Å². The molecule has 0 bridgehead atoms. The third kappa shape index (κ3) is 3.99. The van der Waals surface area contributed by atoms with Crippen LogP contribution in [0.1, 0.15) is 82.3 Å². The molecule has 1 N–H and O–H groups in total. The summed E-state index contributed by atoms with van der Waals surface area (Å²) in [6.45, 7) is 4.45. The molecule has 0 heterocycles. The van der Waals surface area contributed by atoms with E-state index in [0.29, 0.717) is 5.92 Å². The zero-order chi connectivity index (χ0) is 16.2. The highest BCUT2D eigenvalue weighted by molar-refractivity contribution is 5.25. The molecule has 0 saturated heterocycles. The molecule has 3 rings (SSSR count). The van der Waals surface area contributed by atoms with Crippen molar-refractivity contribution in [2.24, 2.45) is 17.8 Å². The Morgan fingerprint density at radius 2 is 1.52 bits per heavy atom. The van der Waals surface area contributed by atoms with Crippen LogP contribution in [0.3, 0.4) is 0 Å². The molecular weight excluding hydrogens is 280 g/mol. The van der Waals surface area contributed by atoms with Gasteiger partial charge in [0.05, 0.1) is 6.10 Å². The second kappa shape index (κ2) is 7.83. The van der Waals surface area contributed by atoms with Crippen LogP contribution in [0.25, 0.3) is 0 Å². The minimum absolute atomic E-state index is 0.0296. The normalized spacial score (nSPS) is 35.2. The van der Waals surface area contributed by atoms with Gasteiger partial charge in [-0.05, 0) is 86.2 Å². The number of hydrogen-bond donors (Lipinski definition) is 1. The Bertz CT molecular complexity index is 469. The summed E-state index contributed by atoms with van der Waals surface area (Å²) in [4.78, 5) is 0.